The third-order valence-electron chi connectivity index (χ3n) is 2.22. The van der Waals surface area contributed by atoms with Crippen molar-refractivity contribution in [1.29, 1.82) is 0 Å². The van der Waals surface area contributed by atoms with Gasteiger partial charge in [-0.3, -0.25) is 4.98 Å². The van der Waals surface area contributed by atoms with Gasteiger partial charge in [-0.05, 0) is 25.0 Å². The van der Waals surface area contributed by atoms with E-state index >= 15 is 0 Å². The van der Waals surface area contributed by atoms with Gasteiger partial charge in [-0.25, -0.2) is 8.42 Å². The van der Waals surface area contributed by atoms with Gasteiger partial charge in [0.05, 0.1) is 0 Å². The fraction of sp³-hybridized carbons (Fsp3) is 0.545. The summed E-state index contributed by atoms with van der Waals surface area (Å²) in [4.78, 5) is 4.12. The molecule has 0 aliphatic rings. The molecular formula is C11H18N2O2S. The van der Waals surface area contributed by atoms with Crippen molar-refractivity contribution in [3.8, 4) is 0 Å². The number of hydrogen-bond donors (Lipinski definition) is 0. The quantitative estimate of drug-likeness (QED) is 0.765. The van der Waals surface area contributed by atoms with Gasteiger partial charge in [-0.15, -0.1) is 0 Å². The van der Waals surface area contributed by atoms with Crippen LogP contribution in [0.3, 0.4) is 0 Å². The molecule has 0 bridgehead atoms. The molecule has 0 N–H and O–H groups in total. The van der Waals surface area contributed by atoms with E-state index < -0.39 is 10.0 Å². The van der Waals surface area contributed by atoms with E-state index in [2.05, 4.69) is 4.98 Å². The number of hydrogen-bond acceptors (Lipinski definition) is 3. The van der Waals surface area contributed by atoms with E-state index in [1.807, 2.05) is 13.8 Å². The molecule has 0 spiro atoms. The van der Waals surface area contributed by atoms with Gasteiger partial charge in [0, 0.05) is 25.5 Å². The van der Waals surface area contributed by atoms with Crippen LogP contribution < -0.4 is 0 Å². The maximum Gasteiger partial charge on any atom is 0.244 e. The van der Waals surface area contributed by atoms with Gasteiger partial charge in [0.25, 0.3) is 0 Å². The largest absolute Gasteiger partial charge is 0.263 e. The average molecular weight is 242 g/mol. The number of rotatable bonds is 6. The second-order valence-electron chi connectivity index (χ2n) is 3.59. The summed E-state index contributed by atoms with van der Waals surface area (Å²) in [7, 11) is -3.35. The highest BCUT2D eigenvalue weighted by Crippen LogP contribution is 2.14. The molecule has 1 heterocycles. The summed E-state index contributed by atoms with van der Waals surface area (Å²) in [5.41, 5.74) is 0. The Balaban J connectivity index is 2.98. The Labute approximate surface area is 97.4 Å². The molecule has 0 unspecified atom stereocenters. The molecule has 0 saturated heterocycles. The van der Waals surface area contributed by atoms with Gasteiger partial charge < -0.3 is 0 Å². The van der Waals surface area contributed by atoms with E-state index in [0.29, 0.717) is 13.1 Å². The number of nitrogens with zero attached hydrogens (tertiary/aromatic N) is 2. The van der Waals surface area contributed by atoms with Crippen molar-refractivity contribution in [3.05, 3.63) is 24.5 Å². The van der Waals surface area contributed by atoms with Crippen LogP contribution in [0, 0.1) is 0 Å². The van der Waals surface area contributed by atoms with Crippen LogP contribution in [0.4, 0.5) is 0 Å². The molecule has 0 fully saturated rings. The van der Waals surface area contributed by atoms with Crippen LogP contribution in [0.5, 0.6) is 0 Å². The van der Waals surface area contributed by atoms with Crippen molar-refractivity contribution in [2.45, 2.75) is 31.6 Å². The van der Waals surface area contributed by atoms with Crippen LogP contribution in [0.25, 0.3) is 0 Å². The zero-order valence-electron chi connectivity index (χ0n) is 9.76. The molecule has 0 amide bonds. The Bertz CT molecular complexity index is 397. The topological polar surface area (TPSA) is 50.3 Å². The van der Waals surface area contributed by atoms with Crippen molar-refractivity contribution < 1.29 is 8.42 Å². The minimum absolute atomic E-state index is 0.275. The Morgan fingerprint density at radius 1 is 1.25 bits per heavy atom. The van der Waals surface area contributed by atoms with E-state index in [9.17, 15) is 8.42 Å². The zero-order chi connectivity index (χ0) is 12.0. The minimum Gasteiger partial charge on any atom is -0.263 e. The molecule has 0 aromatic carbocycles. The lowest BCUT2D eigenvalue weighted by atomic mass is 10.4. The fourth-order valence-corrected chi connectivity index (χ4v) is 3.09. The summed E-state index contributed by atoms with van der Waals surface area (Å²) in [5, 5.41) is 0. The van der Waals surface area contributed by atoms with Crippen molar-refractivity contribution in [3.63, 3.8) is 0 Å². The molecule has 5 heteroatoms. The molecule has 0 aliphatic carbocycles. The lowest BCUT2D eigenvalue weighted by Gasteiger charge is -2.20. The van der Waals surface area contributed by atoms with E-state index in [0.717, 1.165) is 12.8 Å². The standard InChI is InChI=1S/C11H18N2O2S/c1-3-8-13(9-4-2)16(14,15)11-6-5-7-12-10-11/h5-7,10H,3-4,8-9H2,1-2H3. The fourth-order valence-electron chi connectivity index (χ4n) is 1.50. The molecule has 0 saturated carbocycles. The lowest BCUT2D eigenvalue weighted by Crippen LogP contribution is -2.32. The van der Waals surface area contributed by atoms with Crippen LogP contribution in [0.15, 0.2) is 29.4 Å². The molecule has 1 aromatic rings. The van der Waals surface area contributed by atoms with Gasteiger partial charge in [-0.1, -0.05) is 13.8 Å². The van der Waals surface area contributed by atoms with Crippen molar-refractivity contribution in [1.82, 2.24) is 9.29 Å². The van der Waals surface area contributed by atoms with E-state index in [4.69, 9.17) is 0 Å². The maximum absolute atomic E-state index is 12.2. The molecule has 16 heavy (non-hydrogen) atoms. The van der Waals surface area contributed by atoms with E-state index in [-0.39, 0.29) is 4.90 Å². The highest BCUT2D eigenvalue weighted by molar-refractivity contribution is 7.89. The van der Waals surface area contributed by atoms with E-state index in [1.165, 1.54) is 10.5 Å². The van der Waals surface area contributed by atoms with Crippen LogP contribution in [0.2, 0.25) is 0 Å². The smallest absolute Gasteiger partial charge is 0.244 e. The summed E-state index contributed by atoms with van der Waals surface area (Å²) in [6.45, 7) is 5.07. The molecule has 90 valence electrons. The first kappa shape index (κ1) is 13.1. The second-order valence-corrected chi connectivity index (χ2v) is 5.53. The molecule has 1 aromatic heterocycles. The maximum atomic E-state index is 12.2. The minimum atomic E-state index is -3.35. The Hall–Kier alpha value is -0.940. The lowest BCUT2D eigenvalue weighted by molar-refractivity contribution is 0.410. The predicted octanol–water partition coefficient (Wildman–Crippen LogP) is 1.89. The van der Waals surface area contributed by atoms with Crippen LogP contribution >= 0.6 is 0 Å². The number of aromatic nitrogens is 1. The first-order valence-electron chi connectivity index (χ1n) is 5.53. The Kier molecular flexibility index (Phi) is 4.89. The zero-order valence-corrected chi connectivity index (χ0v) is 10.6. The predicted molar refractivity (Wildman–Crippen MR) is 63.6 cm³/mol. The van der Waals surface area contributed by atoms with Gasteiger partial charge in [0.2, 0.25) is 10.0 Å². The molecule has 1 rings (SSSR count). The molecule has 0 atom stereocenters. The van der Waals surface area contributed by atoms with Crippen molar-refractivity contribution >= 4 is 10.0 Å². The van der Waals surface area contributed by atoms with Crippen LogP contribution in [-0.2, 0) is 10.0 Å². The normalized spacial score (nSPS) is 11.9. The summed E-state index contributed by atoms with van der Waals surface area (Å²) in [5.74, 6) is 0. The summed E-state index contributed by atoms with van der Waals surface area (Å²) >= 11 is 0. The van der Waals surface area contributed by atoms with Gasteiger partial charge in [0.1, 0.15) is 4.90 Å². The molecule has 0 radical (unpaired) electrons. The van der Waals surface area contributed by atoms with Gasteiger partial charge >= 0.3 is 0 Å². The third-order valence-corrected chi connectivity index (χ3v) is 4.10. The molecule has 0 aliphatic heterocycles. The summed E-state index contributed by atoms with van der Waals surface area (Å²) < 4.78 is 25.9. The van der Waals surface area contributed by atoms with E-state index in [1.54, 1.807) is 18.3 Å². The molecule has 4 nitrogen and oxygen atoms in total. The Morgan fingerprint density at radius 2 is 1.88 bits per heavy atom. The van der Waals surface area contributed by atoms with Gasteiger partial charge in [0.15, 0.2) is 0 Å². The number of pyridine rings is 1. The van der Waals surface area contributed by atoms with Crippen LogP contribution in [-0.4, -0.2) is 30.8 Å². The molecular weight excluding hydrogens is 224 g/mol. The third kappa shape index (κ3) is 3.02. The van der Waals surface area contributed by atoms with Crippen LogP contribution in [0.1, 0.15) is 26.7 Å². The van der Waals surface area contributed by atoms with Crippen molar-refractivity contribution in [2.24, 2.45) is 0 Å². The average Bonchev–Trinajstić information content (AvgIpc) is 2.30. The first-order valence-corrected chi connectivity index (χ1v) is 6.97. The highest BCUT2D eigenvalue weighted by atomic mass is 32.2. The Morgan fingerprint density at radius 3 is 2.31 bits per heavy atom. The second kappa shape index (κ2) is 5.96. The van der Waals surface area contributed by atoms with Crippen molar-refractivity contribution in [2.75, 3.05) is 13.1 Å². The summed E-state index contributed by atoms with van der Waals surface area (Å²) in [6, 6.07) is 3.23. The monoisotopic (exact) mass is 242 g/mol. The first-order chi connectivity index (χ1) is 7.62. The summed E-state index contributed by atoms with van der Waals surface area (Å²) in [6.07, 6.45) is 4.61. The highest BCUT2D eigenvalue weighted by Gasteiger charge is 2.22. The van der Waals surface area contributed by atoms with Gasteiger partial charge in [-0.2, -0.15) is 4.31 Å². The number of sulfonamides is 1. The SMILES string of the molecule is CCCN(CCC)S(=O)(=O)c1cccnc1.